The molecule has 8 nitrogen and oxygen atoms in total. The van der Waals surface area contributed by atoms with Crippen LogP contribution in [-0.4, -0.2) is 57.8 Å². The molecule has 0 N–H and O–H groups in total. The van der Waals surface area contributed by atoms with E-state index in [4.69, 9.17) is 9.26 Å². The van der Waals surface area contributed by atoms with E-state index < -0.39 is 0 Å². The van der Waals surface area contributed by atoms with Crippen LogP contribution in [0.1, 0.15) is 42.0 Å². The fourth-order valence-electron chi connectivity index (χ4n) is 3.38. The van der Waals surface area contributed by atoms with Gasteiger partial charge in [0, 0.05) is 39.0 Å². The molecule has 1 atom stereocenters. The predicted molar refractivity (Wildman–Crippen MR) is 91.2 cm³/mol. The lowest BCUT2D eigenvalue weighted by molar-refractivity contribution is 0.0835. The van der Waals surface area contributed by atoms with Gasteiger partial charge < -0.3 is 14.2 Å². The van der Waals surface area contributed by atoms with Crippen molar-refractivity contribution in [1.82, 2.24) is 25.0 Å². The van der Waals surface area contributed by atoms with Gasteiger partial charge in [-0.25, -0.2) is 4.98 Å². The maximum atomic E-state index is 5.60. The molecule has 4 heterocycles. The van der Waals surface area contributed by atoms with Crippen molar-refractivity contribution in [3.8, 4) is 0 Å². The molecule has 0 radical (unpaired) electrons. The number of nitrogens with zero attached hydrogens (tertiary/aromatic N) is 6. The van der Waals surface area contributed by atoms with Crippen LogP contribution in [0, 0.1) is 13.8 Å². The highest BCUT2D eigenvalue weighted by Crippen LogP contribution is 2.27. The van der Waals surface area contributed by atoms with Crippen molar-refractivity contribution in [3.63, 3.8) is 0 Å². The highest BCUT2D eigenvalue weighted by atomic mass is 16.5. The lowest BCUT2D eigenvalue weighted by Crippen LogP contribution is -2.46. The van der Waals surface area contributed by atoms with Crippen LogP contribution in [0.2, 0.25) is 0 Å². The first-order chi connectivity index (χ1) is 12.2. The SMILES string of the molecule is Cc1cnc(C)c(N2CCN(Cc3noc([C@@H]4CCCO4)n3)CC2)n1. The van der Waals surface area contributed by atoms with Crippen LogP contribution in [0.3, 0.4) is 0 Å². The minimum Gasteiger partial charge on any atom is -0.368 e. The van der Waals surface area contributed by atoms with E-state index >= 15 is 0 Å². The van der Waals surface area contributed by atoms with Crippen molar-refractivity contribution in [2.75, 3.05) is 37.7 Å². The van der Waals surface area contributed by atoms with Gasteiger partial charge in [0.25, 0.3) is 5.89 Å². The maximum absolute atomic E-state index is 5.60. The topological polar surface area (TPSA) is 80.4 Å². The molecule has 2 aromatic rings. The summed E-state index contributed by atoms with van der Waals surface area (Å²) >= 11 is 0. The summed E-state index contributed by atoms with van der Waals surface area (Å²) in [5.74, 6) is 2.36. The molecule has 8 heteroatoms. The molecule has 0 aliphatic carbocycles. The lowest BCUT2D eigenvalue weighted by atomic mass is 10.2. The summed E-state index contributed by atoms with van der Waals surface area (Å²) < 4.78 is 11.0. The van der Waals surface area contributed by atoms with Crippen LogP contribution in [0.5, 0.6) is 0 Å². The quantitative estimate of drug-likeness (QED) is 0.828. The van der Waals surface area contributed by atoms with Crippen LogP contribution in [0.25, 0.3) is 0 Å². The van der Waals surface area contributed by atoms with E-state index in [1.807, 2.05) is 20.0 Å². The van der Waals surface area contributed by atoms with Crippen molar-refractivity contribution < 1.29 is 9.26 Å². The summed E-state index contributed by atoms with van der Waals surface area (Å²) in [6, 6.07) is 0. The molecule has 2 saturated heterocycles. The number of aromatic nitrogens is 4. The third kappa shape index (κ3) is 3.64. The monoisotopic (exact) mass is 344 g/mol. The van der Waals surface area contributed by atoms with Gasteiger partial charge in [-0.2, -0.15) is 4.98 Å². The normalized spacial score (nSPS) is 21.8. The summed E-state index contributed by atoms with van der Waals surface area (Å²) in [5.41, 5.74) is 1.94. The van der Waals surface area contributed by atoms with E-state index in [0.717, 1.165) is 68.7 Å². The van der Waals surface area contributed by atoms with E-state index in [9.17, 15) is 0 Å². The van der Waals surface area contributed by atoms with Crippen molar-refractivity contribution in [2.45, 2.75) is 39.3 Å². The summed E-state index contributed by atoms with van der Waals surface area (Å²) in [4.78, 5) is 18.2. The minimum atomic E-state index is -0.0130. The third-order valence-electron chi connectivity index (χ3n) is 4.78. The average molecular weight is 344 g/mol. The Hall–Kier alpha value is -2.06. The maximum Gasteiger partial charge on any atom is 0.255 e. The predicted octanol–water partition coefficient (Wildman–Crippen LogP) is 1.65. The molecule has 4 rings (SSSR count). The molecule has 25 heavy (non-hydrogen) atoms. The number of hydrogen-bond donors (Lipinski definition) is 0. The summed E-state index contributed by atoms with van der Waals surface area (Å²) in [6.45, 7) is 9.23. The molecule has 2 aliphatic rings. The second kappa shape index (κ2) is 7.05. The number of rotatable bonds is 4. The molecule has 0 saturated carbocycles. The summed E-state index contributed by atoms with van der Waals surface area (Å²) in [6.07, 6.45) is 3.83. The Morgan fingerprint density at radius 1 is 1.16 bits per heavy atom. The molecule has 0 unspecified atom stereocenters. The Balaban J connectivity index is 1.34. The number of hydrogen-bond acceptors (Lipinski definition) is 8. The fraction of sp³-hybridized carbons (Fsp3) is 0.647. The smallest absolute Gasteiger partial charge is 0.255 e. The zero-order valence-electron chi connectivity index (χ0n) is 14.8. The molecule has 2 aromatic heterocycles. The van der Waals surface area contributed by atoms with Gasteiger partial charge in [-0.05, 0) is 26.7 Å². The zero-order chi connectivity index (χ0) is 17.2. The highest BCUT2D eigenvalue weighted by Gasteiger charge is 2.25. The second-order valence-electron chi connectivity index (χ2n) is 6.73. The average Bonchev–Trinajstić information content (AvgIpc) is 3.29. The molecule has 0 bridgehead atoms. The van der Waals surface area contributed by atoms with Crippen LogP contribution >= 0.6 is 0 Å². The molecule has 0 aromatic carbocycles. The molecule has 134 valence electrons. The molecule has 2 fully saturated rings. The van der Waals surface area contributed by atoms with Gasteiger partial charge in [-0.15, -0.1) is 0 Å². The van der Waals surface area contributed by atoms with Crippen molar-refractivity contribution in [1.29, 1.82) is 0 Å². The first-order valence-corrected chi connectivity index (χ1v) is 8.90. The standard InChI is InChI=1S/C17H24N6O2/c1-12-10-18-13(2)16(19-12)23-7-5-22(6-8-23)11-15-20-17(25-21-15)14-4-3-9-24-14/h10,14H,3-9,11H2,1-2H3/t14-/m0/s1. The number of piperazine rings is 1. The van der Waals surface area contributed by atoms with E-state index in [-0.39, 0.29) is 6.10 Å². The van der Waals surface area contributed by atoms with Gasteiger partial charge in [0.05, 0.1) is 17.9 Å². The molecular formula is C17H24N6O2. The third-order valence-corrected chi connectivity index (χ3v) is 4.78. The van der Waals surface area contributed by atoms with Crippen LogP contribution in [0.15, 0.2) is 10.7 Å². The van der Waals surface area contributed by atoms with Gasteiger partial charge in [-0.3, -0.25) is 9.88 Å². The van der Waals surface area contributed by atoms with Crippen LogP contribution < -0.4 is 4.90 Å². The molecule has 2 aliphatic heterocycles. The number of ether oxygens (including phenoxy) is 1. The summed E-state index contributed by atoms with van der Waals surface area (Å²) in [5, 5.41) is 4.11. The Bertz CT molecular complexity index is 720. The largest absolute Gasteiger partial charge is 0.368 e. The minimum absolute atomic E-state index is 0.0130. The van der Waals surface area contributed by atoms with E-state index in [1.165, 1.54) is 0 Å². The van der Waals surface area contributed by atoms with Gasteiger partial charge in [-0.1, -0.05) is 5.16 Å². The molecule has 0 amide bonds. The van der Waals surface area contributed by atoms with E-state index in [0.29, 0.717) is 12.4 Å². The Morgan fingerprint density at radius 3 is 2.76 bits per heavy atom. The Kier molecular flexibility index (Phi) is 4.63. The lowest BCUT2D eigenvalue weighted by Gasteiger charge is -2.35. The van der Waals surface area contributed by atoms with Gasteiger partial charge in [0.1, 0.15) is 11.9 Å². The van der Waals surface area contributed by atoms with Gasteiger partial charge >= 0.3 is 0 Å². The Morgan fingerprint density at radius 2 is 2.00 bits per heavy atom. The van der Waals surface area contributed by atoms with Gasteiger partial charge in [0.2, 0.25) is 0 Å². The fourth-order valence-corrected chi connectivity index (χ4v) is 3.38. The molecule has 0 spiro atoms. The van der Waals surface area contributed by atoms with E-state index in [2.05, 4.69) is 29.9 Å². The first-order valence-electron chi connectivity index (χ1n) is 8.90. The van der Waals surface area contributed by atoms with Crippen molar-refractivity contribution >= 4 is 5.82 Å². The van der Waals surface area contributed by atoms with Gasteiger partial charge in [0.15, 0.2) is 5.82 Å². The second-order valence-corrected chi connectivity index (χ2v) is 6.73. The first kappa shape index (κ1) is 16.4. The van der Waals surface area contributed by atoms with Crippen molar-refractivity contribution in [2.24, 2.45) is 0 Å². The highest BCUT2D eigenvalue weighted by molar-refractivity contribution is 5.43. The number of anilines is 1. The van der Waals surface area contributed by atoms with Crippen molar-refractivity contribution in [3.05, 3.63) is 29.3 Å². The molecular weight excluding hydrogens is 320 g/mol. The van der Waals surface area contributed by atoms with E-state index in [1.54, 1.807) is 0 Å². The number of aryl methyl sites for hydroxylation is 2. The van der Waals surface area contributed by atoms with Crippen LogP contribution in [-0.2, 0) is 11.3 Å². The Labute approximate surface area is 147 Å². The van der Waals surface area contributed by atoms with Crippen LogP contribution in [0.4, 0.5) is 5.82 Å². The zero-order valence-corrected chi connectivity index (χ0v) is 14.8. The summed E-state index contributed by atoms with van der Waals surface area (Å²) in [7, 11) is 0.